The number of hydrogen-bond donors (Lipinski definition) is 0. The van der Waals surface area contributed by atoms with E-state index < -0.39 is 0 Å². The molecular weight excluding hydrogens is 252 g/mol. The number of rotatable bonds is 2. The molecule has 0 aliphatic heterocycles. The molecule has 0 amide bonds. The first-order valence-electron chi connectivity index (χ1n) is 8.58. The Bertz CT molecular complexity index is 562. The zero-order valence-electron chi connectivity index (χ0n) is 15.1. The van der Waals surface area contributed by atoms with Gasteiger partial charge in [0, 0.05) is 5.92 Å². The van der Waals surface area contributed by atoms with Gasteiger partial charge >= 0.3 is 0 Å². The summed E-state index contributed by atoms with van der Waals surface area (Å²) in [5.74, 6) is 1.99. The van der Waals surface area contributed by atoms with Gasteiger partial charge in [-0.1, -0.05) is 32.9 Å². The zero-order chi connectivity index (χ0) is 15.9. The van der Waals surface area contributed by atoms with Gasteiger partial charge in [0.15, 0.2) is 0 Å². The van der Waals surface area contributed by atoms with Gasteiger partial charge in [0.1, 0.15) is 0 Å². The molecule has 0 heteroatoms. The molecule has 3 atom stereocenters. The highest BCUT2D eigenvalue weighted by molar-refractivity contribution is 5.55. The minimum atomic E-state index is 0.565. The molecule has 1 aliphatic carbocycles. The van der Waals surface area contributed by atoms with Crippen molar-refractivity contribution >= 4 is 0 Å². The molecule has 0 saturated heterocycles. The zero-order valence-corrected chi connectivity index (χ0v) is 15.1. The summed E-state index contributed by atoms with van der Waals surface area (Å²) in [4.78, 5) is 0. The van der Waals surface area contributed by atoms with Gasteiger partial charge in [0.05, 0.1) is 0 Å². The molecule has 0 nitrogen and oxygen atoms in total. The summed E-state index contributed by atoms with van der Waals surface area (Å²) in [6, 6.07) is 0. The van der Waals surface area contributed by atoms with Crippen molar-refractivity contribution in [3.8, 4) is 0 Å². The molecule has 3 unspecified atom stereocenters. The summed E-state index contributed by atoms with van der Waals surface area (Å²) >= 11 is 0. The van der Waals surface area contributed by atoms with Gasteiger partial charge in [-0.25, -0.2) is 0 Å². The average Bonchev–Trinajstić information content (AvgIpc) is 2.60. The van der Waals surface area contributed by atoms with E-state index in [0.717, 1.165) is 12.3 Å². The van der Waals surface area contributed by atoms with Crippen molar-refractivity contribution in [3.05, 3.63) is 45.5 Å². The predicted molar refractivity (Wildman–Crippen MR) is 94.4 cm³/mol. The van der Waals surface area contributed by atoms with E-state index in [1.165, 1.54) is 40.7 Å². The Morgan fingerprint density at radius 3 is 1.95 bits per heavy atom. The van der Waals surface area contributed by atoms with Crippen molar-refractivity contribution in [2.45, 2.75) is 79.6 Å². The second-order valence-corrected chi connectivity index (χ2v) is 7.24. The number of hydrogen-bond acceptors (Lipinski definition) is 0. The second kappa shape index (κ2) is 5.99. The molecule has 116 valence electrons. The highest BCUT2D eigenvalue weighted by atomic mass is 14.4. The number of benzene rings is 1. The fraction of sp³-hybridized carbons (Fsp3) is 0.619. The molecule has 1 aliphatic rings. The third-order valence-electron chi connectivity index (χ3n) is 6.30. The molecule has 1 aromatic rings. The normalized spacial score (nSPS) is 25.4. The van der Waals surface area contributed by atoms with Gasteiger partial charge in [-0.05, 0) is 92.2 Å². The maximum atomic E-state index is 4.41. The van der Waals surface area contributed by atoms with E-state index in [9.17, 15) is 0 Å². The maximum Gasteiger partial charge on any atom is 0.00511 e. The molecule has 21 heavy (non-hydrogen) atoms. The van der Waals surface area contributed by atoms with E-state index in [1.54, 1.807) is 11.1 Å². The van der Waals surface area contributed by atoms with E-state index in [2.05, 4.69) is 55.0 Å². The SMILES string of the molecule is C=C(CC)C1CCC(C)C(C)c2c(C)c(C)c(C)c(C)c21. The lowest BCUT2D eigenvalue weighted by Gasteiger charge is -2.28. The highest BCUT2D eigenvalue weighted by Crippen LogP contribution is 2.47. The predicted octanol–water partition coefficient (Wildman–Crippen LogP) is 6.50. The van der Waals surface area contributed by atoms with Crippen molar-refractivity contribution in [1.82, 2.24) is 0 Å². The Hall–Kier alpha value is -1.04. The standard InChI is InChI=1S/C21H32/c1-9-12(2)19-11-10-13(3)14(4)20-17(7)15(5)16(6)18(8)21(19)20/h13-14,19H,2,9-11H2,1,3-8H3. The minimum absolute atomic E-state index is 0.565. The summed E-state index contributed by atoms with van der Waals surface area (Å²) in [6.45, 7) is 20.8. The van der Waals surface area contributed by atoms with Crippen LogP contribution in [0.5, 0.6) is 0 Å². The molecule has 0 N–H and O–H groups in total. The first-order chi connectivity index (χ1) is 9.81. The lowest BCUT2D eigenvalue weighted by atomic mass is 9.76. The van der Waals surface area contributed by atoms with Crippen LogP contribution >= 0.6 is 0 Å². The molecule has 0 fully saturated rings. The van der Waals surface area contributed by atoms with Gasteiger partial charge in [-0.3, -0.25) is 0 Å². The van der Waals surface area contributed by atoms with Crippen molar-refractivity contribution in [2.24, 2.45) is 5.92 Å². The number of fused-ring (bicyclic) bond motifs is 1. The Morgan fingerprint density at radius 2 is 1.43 bits per heavy atom. The van der Waals surface area contributed by atoms with Crippen LogP contribution in [-0.4, -0.2) is 0 Å². The largest absolute Gasteiger partial charge is 0.0993 e. The van der Waals surface area contributed by atoms with Crippen LogP contribution in [0.1, 0.15) is 85.3 Å². The monoisotopic (exact) mass is 284 g/mol. The van der Waals surface area contributed by atoms with Crippen LogP contribution < -0.4 is 0 Å². The summed E-state index contributed by atoms with van der Waals surface area (Å²) in [6.07, 6.45) is 3.68. The van der Waals surface area contributed by atoms with E-state index in [4.69, 9.17) is 0 Å². The highest BCUT2D eigenvalue weighted by Gasteiger charge is 2.31. The number of allylic oxidation sites excluding steroid dienone is 1. The summed E-state index contributed by atoms with van der Waals surface area (Å²) in [5, 5.41) is 0. The van der Waals surface area contributed by atoms with Crippen LogP contribution in [0.25, 0.3) is 0 Å². The Morgan fingerprint density at radius 1 is 0.905 bits per heavy atom. The van der Waals surface area contributed by atoms with Crippen LogP contribution in [0.2, 0.25) is 0 Å². The van der Waals surface area contributed by atoms with E-state index in [1.807, 2.05) is 0 Å². The Kier molecular flexibility index (Phi) is 4.66. The van der Waals surface area contributed by atoms with E-state index >= 15 is 0 Å². The van der Waals surface area contributed by atoms with Gasteiger partial charge in [-0.2, -0.15) is 0 Å². The molecule has 2 rings (SSSR count). The van der Waals surface area contributed by atoms with Gasteiger partial charge in [-0.15, -0.1) is 0 Å². The fourth-order valence-corrected chi connectivity index (χ4v) is 4.17. The smallest absolute Gasteiger partial charge is 0.00511 e. The van der Waals surface area contributed by atoms with Crippen LogP contribution in [0.4, 0.5) is 0 Å². The average molecular weight is 284 g/mol. The van der Waals surface area contributed by atoms with Crippen molar-refractivity contribution in [3.63, 3.8) is 0 Å². The summed E-state index contributed by atoms with van der Waals surface area (Å²) in [5.41, 5.74) is 10.7. The van der Waals surface area contributed by atoms with Crippen molar-refractivity contribution < 1.29 is 0 Å². The molecule has 0 bridgehead atoms. The molecule has 0 spiro atoms. The lowest BCUT2D eigenvalue weighted by Crippen LogP contribution is -2.12. The van der Waals surface area contributed by atoms with Crippen LogP contribution in [0.3, 0.4) is 0 Å². The minimum Gasteiger partial charge on any atom is -0.0993 e. The first kappa shape index (κ1) is 16.3. The topological polar surface area (TPSA) is 0 Å². The van der Waals surface area contributed by atoms with E-state index in [-0.39, 0.29) is 0 Å². The van der Waals surface area contributed by atoms with Gasteiger partial charge < -0.3 is 0 Å². The van der Waals surface area contributed by atoms with E-state index in [0.29, 0.717) is 11.8 Å². The maximum absolute atomic E-state index is 4.41. The van der Waals surface area contributed by atoms with Crippen LogP contribution in [0.15, 0.2) is 12.2 Å². The second-order valence-electron chi connectivity index (χ2n) is 7.24. The van der Waals surface area contributed by atoms with Gasteiger partial charge in [0.25, 0.3) is 0 Å². The Balaban J connectivity index is 2.79. The van der Waals surface area contributed by atoms with Gasteiger partial charge in [0.2, 0.25) is 0 Å². The molecule has 0 heterocycles. The van der Waals surface area contributed by atoms with Crippen molar-refractivity contribution in [1.29, 1.82) is 0 Å². The molecule has 0 aromatic heterocycles. The third kappa shape index (κ3) is 2.58. The first-order valence-corrected chi connectivity index (χ1v) is 8.58. The molecule has 0 radical (unpaired) electrons. The molecular formula is C21H32. The quantitative estimate of drug-likeness (QED) is 0.429. The summed E-state index contributed by atoms with van der Waals surface area (Å²) in [7, 11) is 0. The Labute approximate surface area is 131 Å². The summed E-state index contributed by atoms with van der Waals surface area (Å²) < 4.78 is 0. The third-order valence-corrected chi connectivity index (χ3v) is 6.30. The fourth-order valence-electron chi connectivity index (χ4n) is 4.17. The van der Waals surface area contributed by atoms with Crippen LogP contribution in [-0.2, 0) is 0 Å². The van der Waals surface area contributed by atoms with Crippen molar-refractivity contribution in [2.75, 3.05) is 0 Å². The lowest BCUT2D eigenvalue weighted by molar-refractivity contribution is 0.446. The molecule has 1 aromatic carbocycles. The van der Waals surface area contributed by atoms with Crippen LogP contribution in [0, 0.1) is 33.6 Å². The molecule has 0 saturated carbocycles.